The van der Waals surface area contributed by atoms with Gasteiger partial charge in [-0.2, -0.15) is 0 Å². The van der Waals surface area contributed by atoms with E-state index in [1.165, 1.54) is 257 Å². The van der Waals surface area contributed by atoms with Gasteiger partial charge in [-0.05, 0) is 51.4 Å². The summed E-state index contributed by atoms with van der Waals surface area (Å²) in [5.41, 5.74) is 0. The van der Waals surface area contributed by atoms with Gasteiger partial charge in [0.1, 0.15) is 0 Å². The third-order valence-corrected chi connectivity index (χ3v) is 13.1. The molecule has 0 bridgehead atoms. The Labute approximate surface area is 389 Å². The Kier molecular flexibility index (Phi) is 52.7. The Morgan fingerprint density at radius 1 is 0.387 bits per heavy atom. The van der Waals surface area contributed by atoms with Gasteiger partial charge in [-0.3, -0.25) is 4.79 Å². The van der Waals surface area contributed by atoms with Gasteiger partial charge in [0, 0.05) is 6.42 Å². The molecule has 0 aliphatic carbocycles. The number of amides is 1. The van der Waals surface area contributed by atoms with E-state index in [9.17, 15) is 15.0 Å². The summed E-state index contributed by atoms with van der Waals surface area (Å²) in [6, 6.07) is -0.620. The summed E-state index contributed by atoms with van der Waals surface area (Å²) in [6.07, 6.45) is 73.1. The van der Waals surface area contributed by atoms with Crippen LogP contribution in [0.2, 0.25) is 0 Å². The second-order valence-corrected chi connectivity index (χ2v) is 19.4. The fourth-order valence-electron chi connectivity index (χ4n) is 8.80. The number of hydrogen-bond donors (Lipinski definition) is 3. The van der Waals surface area contributed by atoms with E-state index in [4.69, 9.17) is 0 Å². The summed E-state index contributed by atoms with van der Waals surface area (Å²) in [6.45, 7) is 4.32. The van der Waals surface area contributed by atoms with Crippen LogP contribution in [0, 0.1) is 0 Å². The van der Waals surface area contributed by atoms with Crippen molar-refractivity contribution in [3.8, 4) is 0 Å². The number of allylic oxidation sites excluding steroid dienone is 5. The molecule has 0 saturated carbocycles. The number of unbranched alkanes of at least 4 members (excludes halogenated alkanes) is 41. The van der Waals surface area contributed by atoms with Crippen molar-refractivity contribution in [2.75, 3.05) is 6.61 Å². The van der Waals surface area contributed by atoms with Gasteiger partial charge in [-0.25, -0.2) is 0 Å². The molecule has 1 amide bonds. The molecule has 0 rings (SSSR count). The topological polar surface area (TPSA) is 69.6 Å². The third kappa shape index (κ3) is 49.6. The average Bonchev–Trinajstić information content (AvgIpc) is 3.28. The highest BCUT2D eigenvalue weighted by Crippen LogP contribution is 2.17. The zero-order valence-electron chi connectivity index (χ0n) is 42.2. The van der Waals surface area contributed by atoms with Crippen molar-refractivity contribution in [3.05, 3.63) is 36.5 Å². The fraction of sp³-hybridized carbons (Fsp3) is 0.879. The van der Waals surface area contributed by atoms with Crippen LogP contribution in [0.3, 0.4) is 0 Å². The Balaban J connectivity index is 3.43. The third-order valence-electron chi connectivity index (χ3n) is 13.1. The number of aliphatic hydroxyl groups excluding tert-OH is 2. The largest absolute Gasteiger partial charge is 0.394 e. The zero-order valence-corrected chi connectivity index (χ0v) is 42.2. The first-order valence-electron chi connectivity index (χ1n) is 28.2. The van der Waals surface area contributed by atoms with E-state index < -0.39 is 12.1 Å². The SMILES string of the molecule is CCCCCCC/C=C\C/C=C\CCCCCCCCCCCCCCCCCCCCCCCC(=O)NC(CO)C(O)/C=C/CCCCCCCCCCCCCCCCC. The lowest BCUT2D eigenvalue weighted by Gasteiger charge is -2.20. The molecule has 0 heterocycles. The van der Waals surface area contributed by atoms with Crippen molar-refractivity contribution in [2.24, 2.45) is 0 Å². The molecule has 62 heavy (non-hydrogen) atoms. The van der Waals surface area contributed by atoms with Crippen molar-refractivity contribution in [1.29, 1.82) is 0 Å². The first-order valence-corrected chi connectivity index (χ1v) is 28.2. The van der Waals surface area contributed by atoms with E-state index in [1.807, 2.05) is 6.08 Å². The molecule has 0 radical (unpaired) electrons. The highest BCUT2D eigenvalue weighted by Gasteiger charge is 2.18. The maximum Gasteiger partial charge on any atom is 0.220 e. The molecule has 0 aromatic heterocycles. The molecule has 4 nitrogen and oxygen atoms in total. The Morgan fingerprint density at radius 3 is 0.968 bits per heavy atom. The molecule has 0 fully saturated rings. The average molecular weight is 871 g/mol. The molecule has 2 atom stereocenters. The Bertz CT molecular complexity index is 943. The number of aliphatic hydroxyl groups is 2. The Morgan fingerprint density at radius 2 is 0.661 bits per heavy atom. The molecule has 0 spiro atoms. The predicted molar refractivity (Wildman–Crippen MR) is 276 cm³/mol. The van der Waals surface area contributed by atoms with Crippen LogP contribution in [0.15, 0.2) is 36.5 Å². The lowest BCUT2D eigenvalue weighted by Crippen LogP contribution is -2.45. The molecule has 0 aromatic rings. The molecule has 0 saturated heterocycles. The fourth-order valence-corrected chi connectivity index (χ4v) is 8.80. The van der Waals surface area contributed by atoms with E-state index in [0.717, 1.165) is 32.1 Å². The first kappa shape index (κ1) is 60.6. The minimum Gasteiger partial charge on any atom is -0.394 e. The van der Waals surface area contributed by atoms with Gasteiger partial charge < -0.3 is 15.5 Å². The summed E-state index contributed by atoms with van der Waals surface area (Å²) in [4.78, 5) is 12.5. The Hall–Kier alpha value is -1.39. The second kappa shape index (κ2) is 53.9. The van der Waals surface area contributed by atoms with Crippen LogP contribution in [0.1, 0.15) is 309 Å². The van der Waals surface area contributed by atoms with E-state index in [1.54, 1.807) is 6.08 Å². The highest BCUT2D eigenvalue weighted by atomic mass is 16.3. The molecule has 0 aromatic carbocycles. The maximum atomic E-state index is 12.5. The van der Waals surface area contributed by atoms with E-state index in [2.05, 4.69) is 43.5 Å². The van der Waals surface area contributed by atoms with Crippen molar-refractivity contribution in [1.82, 2.24) is 5.32 Å². The summed E-state index contributed by atoms with van der Waals surface area (Å²) in [5.74, 6) is -0.0587. The molecule has 2 unspecified atom stereocenters. The molecular weight excluding hydrogens is 759 g/mol. The van der Waals surface area contributed by atoms with Crippen LogP contribution in [0.5, 0.6) is 0 Å². The summed E-state index contributed by atoms with van der Waals surface area (Å²) < 4.78 is 0. The first-order chi connectivity index (χ1) is 30.7. The second-order valence-electron chi connectivity index (χ2n) is 19.4. The van der Waals surface area contributed by atoms with Gasteiger partial charge in [0.2, 0.25) is 5.91 Å². The minimum atomic E-state index is -0.837. The van der Waals surface area contributed by atoms with E-state index >= 15 is 0 Å². The van der Waals surface area contributed by atoms with Crippen LogP contribution < -0.4 is 5.32 Å². The van der Waals surface area contributed by atoms with Crippen molar-refractivity contribution < 1.29 is 15.0 Å². The molecule has 0 aliphatic heterocycles. The van der Waals surface area contributed by atoms with Crippen LogP contribution >= 0.6 is 0 Å². The van der Waals surface area contributed by atoms with Crippen molar-refractivity contribution >= 4 is 5.91 Å². The van der Waals surface area contributed by atoms with Gasteiger partial charge >= 0.3 is 0 Å². The number of rotatable bonds is 52. The van der Waals surface area contributed by atoms with Gasteiger partial charge in [-0.15, -0.1) is 0 Å². The summed E-state index contributed by atoms with van der Waals surface area (Å²) in [5, 5.41) is 23.1. The molecular formula is C58H111NO3. The normalized spacial score (nSPS) is 13.0. The van der Waals surface area contributed by atoms with Crippen LogP contribution in [-0.2, 0) is 4.79 Å². The molecule has 3 N–H and O–H groups in total. The zero-order chi connectivity index (χ0) is 44.9. The molecule has 0 aliphatic rings. The smallest absolute Gasteiger partial charge is 0.220 e. The van der Waals surface area contributed by atoms with Gasteiger partial charge in [0.25, 0.3) is 0 Å². The molecule has 366 valence electrons. The molecule has 4 heteroatoms. The summed E-state index contributed by atoms with van der Waals surface area (Å²) in [7, 11) is 0. The van der Waals surface area contributed by atoms with Gasteiger partial charge in [-0.1, -0.05) is 288 Å². The monoisotopic (exact) mass is 870 g/mol. The standard InChI is InChI=1S/C58H111NO3/c1-3-5-7-9-11-13-15-17-19-21-22-23-24-25-26-27-28-29-30-31-32-33-34-35-36-38-40-42-44-46-48-50-52-54-58(62)59-56(55-60)57(61)53-51-49-47-45-43-41-39-37-20-18-16-14-12-10-8-6-4-2/h15,17,21-22,51,53,56-57,60-61H,3-14,16,18-20,23-50,52,54-55H2,1-2H3,(H,59,62)/b17-15-,22-21-,53-51+. The number of carbonyl (C=O) groups excluding carboxylic acids is 1. The lowest BCUT2D eigenvalue weighted by molar-refractivity contribution is -0.123. The maximum absolute atomic E-state index is 12.5. The van der Waals surface area contributed by atoms with E-state index in [-0.39, 0.29) is 12.5 Å². The quantitative estimate of drug-likeness (QED) is 0.0421. The number of hydrogen-bond acceptors (Lipinski definition) is 3. The highest BCUT2D eigenvalue weighted by molar-refractivity contribution is 5.76. The lowest BCUT2D eigenvalue weighted by atomic mass is 10.0. The predicted octanol–water partition coefficient (Wildman–Crippen LogP) is 18.5. The number of carbonyl (C=O) groups is 1. The van der Waals surface area contributed by atoms with Gasteiger partial charge in [0.05, 0.1) is 18.8 Å². The van der Waals surface area contributed by atoms with Crippen LogP contribution in [0.25, 0.3) is 0 Å². The minimum absolute atomic E-state index is 0.0587. The van der Waals surface area contributed by atoms with Crippen LogP contribution in [-0.4, -0.2) is 34.9 Å². The van der Waals surface area contributed by atoms with Crippen LogP contribution in [0.4, 0.5) is 0 Å². The van der Waals surface area contributed by atoms with Crippen molar-refractivity contribution in [2.45, 2.75) is 321 Å². The number of nitrogens with one attached hydrogen (secondary N) is 1. The van der Waals surface area contributed by atoms with Crippen molar-refractivity contribution in [3.63, 3.8) is 0 Å². The summed E-state index contributed by atoms with van der Waals surface area (Å²) >= 11 is 0. The van der Waals surface area contributed by atoms with E-state index in [0.29, 0.717) is 6.42 Å². The van der Waals surface area contributed by atoms with Gasteiger partial charge in [0.15, 0.2) is 0 Å².